The fourth-order valence-electron chi connectivity index (χ4n) is 2.49. The summed E-state index contributed by atoms with van der Waals surface area (Å²) in [4.78, 5) is 12.2. The van der Waals surface area contributed by atoms with Gasteiger partial charge in [0.05, 0.1) is 12.4 Å². The number of anilines is 1. The topological polar surface area (TPSA) is 94.8 Å². The van der Waals surface area contributed by atoms with Crippen molar-refractivity contribution in [1.29, 1.82) is 0 Å². The van der Waals surface area contributed by atoms with E-state index >= 15 is 0 Å². The van der Waals surface area contributed by atoms with Gasteiger partial charge in [0, 0.05) is 12.1 Å². The molecule has 1 N–H and O–H groups in total. The van der Waals surface area contributed by atoms with Crippen molar-refractivity contribution in [3.8, 4) is 17.1 Å². The molecule has 3 aromatic rings. The van der Waals surface area contributed by atoms with E-state index in [1.54, 1.807) is 0 Å². The molecule has 0 unspecified atom stereocenters. The molecule has 2 heterocycles. The number of thioether (sulfide) groups is 1. The molecule has 0 spiro atoms. The van der Waals surface area contributed by atoms with Gasteiger partial charge in [-0.2, -0.15) is 0 Å². The van der Waals surface area contributed by atoms with E-state index in [1.807, 2.05) is 49.6 Å². The molecule has 0 radical (unpaired) electrons. The molecule has 0 aliphatic carbocycles. The average molecular weight is 419 g/mol. The number of aromatic nitrogens is 5. The number of hydrogen-bond donors (Lipinski definition) is 1. The lowest BCUT2D eigenvalue weighted by Gasteiger charge is -2.08. The molecule has 148 valence electrons. The quantitative estimate of drug-likeness (QED) is 0.531. The third-order valence-corrected chi connectivity index (χ3v) is 5.75. The van der Waals surface area contributed by atoms with Crippen LogP contribution in [0.5, 0.6) is 5.75 Å². The number of hydrogen-bond acceptors (Lipinski definition) is 8. The first kappa shape index (κ1) is 20.3. The predicted molar refractivity (Wildman–Crippen MR) is 111 cm³/mol. The maximum Gasteiger partial charge on any atom is 0.236 e. The lowest BCUT2D eigenvalue weighted by atomic mass is 10.2. The monoisotopic (exact) mass is 418 g/mol. The second-order valence-corrected chi connectivity index (χ2v) is 7.70. The minimum Gasteiger partial charge on any atom is -0.494 e. The van der Waals surface area contributed by atoms with Crippen LogP contribution in [0.25, 0.3) is 11.4 Å². The van der Waals surface area contributed by atoms with Gasteiger partial charge in [0.15, 0.2) is 11.0 Å². The van der Waals surface area contributed by atoms with Gasteiger partial charge in [-0.1, -0.05) is 30.0 Å². The van der Waals surface area contributed by atoms with Gasteiger partial charge in [-0.15, -0.1) is 20.4 Å². The van der Waals surface area contributed by atoms with Gasteiger partial charge in [0.1, 0.15) is 10.8 Å². The van der Waals surface area contributed by atoms with Crippen LogP contribution in [-0.4, -0.2) is 43.2 Å². The predicted octanol–water partition coefficient (Wildman–Crippen LogP) is 3.51. The van der Waals surface area contributed by atoms with Gasteiger partial charge in [0.2, 0.25) is 11.0 Å². The van der Waals surface area contributed by atoms with Crippen LogP contribution in [-0.2, 0) is 17.8 Å². The van der Waals surface area contributed by atoms with Gasteiger partial charge in [-0.05, 0) is 44.5 Å². The summed E-state index contributed by atoms with van der Waals surface area (Å²) in [6.07, 6.45) is 0.802. The molecule has 0 saturated heterocycles. The largest absolute Gasteiger partial charge is 0.494 e. The number of nitrogens with one attached hydrogen (secondary N) is 1. The van der Waals surface area contributed by atoms with Crippen LogP contribution in [0.2, 0.25) is 0 Å². The summed E-state index contributed by atoms with van der Waals surface area (Å²) in [5, 5.41) is 21.4. The third kappa shape index (κ3) is 4.87. The number of ether oxygens (including phenoxy) is 1. The Hall–Kier alpha value is -2.46. The van der Waals surface area contributed by atoms with Crippen molar-refractivity contribution in [2.24, 2.45) is 0 Å². The first-order chi connectivity index (χ1) is 13.6. The number of rotatable bonds is 9. The number of amides is 1. The fourth-order valence-corrected chi connectivity index (χ4v) is 3.99. The molecule has 0 aliphatic heterocycles. The molecular formula is C18H22N6O2S2. The van der Waals surface area contributed by atoms with Crippen LogP contribution in [0.15, 0.2) is 29.4 Å². The summed E-state index contributed by atoms with van der Waals surface area (Å²) in [5.74, 6) is 1.67. The zero-order chi connectivity index (χ0) is 19.9. The molecule has 8 nitrogen and oxygen atoms in total. The van der Waals surface area contributed by atoms with Crippen molar-refractivity contribution in [2.45, 2.75) is 38.9 Å². The third-order valence-electron chi connectivity index (χ3n) is 3.80. The van der Waals surface area contributed by atoms with Crippen molar-refractivity contribution in [1.82, 2.24) is 25.0 Å². The Kier molecular flexibility index (Phi) is 6.99. The molecule has 0 bridgehead atoms. The summed E-state index contributed by atoms with van der Waals surface area (Å²) >= 11 is 2.74. The first-order valence-corrected chi connectivity index (χ1v) is 10.9. The molecule has 1 amide bonds. The van der Waals surface area contributed by atoms with Gasteiger partial charge < -0.3 is 9.30 Å². The zero-order valence-electron chi connectivity index (χ0n) is 16.0. The van der Waals surface area contributed by atoms with Crippen LogP contribution in [0.4, 0.5) is 5.13 Å². The SMILES string of the molecule is CCOc1ccc(-c2nnc(SCC(=O)Nc3nnc(CC)s3)n2CC)cc1. The van der Waals surface area contributed by atoms with Crippen molar-refractivity contribution in [3.63, 3.8) is 0 Å². The van der Waals surface area contributed by atoms with Crippen LogP contribution in [0.1, 0.15) is 25.8 Å². The van der Waals surface area contributed by atoms with Gasteiger partial charge >= 0.3 is 0 Å². The van der Waals surface area contributed by atoms with E-state index in [4.69, 9.17) is 4.74 Å². The Morgan fingerprint density at radius 3 is 2.57 bits per heavy atom. The molecule has 0 atom stereocenters. The van der Waals surface area contributed by atoms with E-state index in [9.17, 15) is 4.79 Å². The van der Waals surface area contributed by atoms with Crippen LogP contribution in [0.3, 0.4) is 0 Å². The number of carbonyl (C=O) groups excluding carboxylic acids is 1. The van der Waals surface area contributed by atoms with Crippen molar-refractivity contribution in [2.75, 3.05) is 17.7 Å². The average Bonchev–Trinajstić information content (AvgIpc) is 3.33. The van der Waals surface area contributed by atoms with Gasteiger partial charge in [0.25, 0.3) is 0 Å². The number of nitrogens with zero attached hydrogens (tertiary/aromatic N) is 5. The van der Waals surface area contributed by atoms with E-state index < -0.39 is 0 Å². The number of carbonyl (C=O) groups is 1. The maximum absolute atomic E-state index is 12.2. The summed E-state index contributed by atoms with van der Waals surface area (Å²) in [6, 6.07) is 7.76. The molecule has 28 heavy (non-hydrogen) atoms. The highest BCUT2D eigenvalue weighted by molar-refractivity contribution is 7.99. The highest BCUT2D eigenvalue weighted by Gasteiger charge is 2.15. The zero-order valence-corrected chi connectivity index (χ0v) is 17.6. The first-order valence-electron chi connectivity index (χ1n) is 9.06. The highest BCUT2D eigenvalue weighted by atomic mass is 32.2. The highest BCUT2D eigenvalue weighted by Crippen LogP contribution is 2.26. The minimum atomic E-state index is -0.142. The van der Waals surface area contributed by atoms with E-state index in [1.165, 1.54) is 23.1 Å². The van der Waals surface area contributed by atoms with Crippen molar-refractivity contribution in [3.05, 3.63) is 29.3 Å². The molecule has 0 aliphatic rings. The van der Waals surface area contributed by atoms with E-state index in [0.717, 1.165) is 28.6 Å². The second kappa shape index (κ2) is 9.65. The molecular weight excluding hydrogens is 396 g/mol. The Labute approximate surface area is 171 Å². The number of aryl methyl sites for hydroxylation is 1. The molecule has 1 aromatic carbocycles. The molecule has 0 fully saturated rings. The molecule has 3 rings (SSSR count). The Morgan fingerprint density at radius 1 is 1.14 bits per heavy atom. The van der Waals surface area contributed by atoms with E-state index in [-0.39, 0.29) is 11.7 Å². The van der Waals surface area contributed by atoms with E-state index in [0.29, 0.717) is 23.4 Å². The molecule has 10 heteroatoms. The van der Waals surface area contributed by atoms with Crippen molar-refractivity contribution < 1.29 is 9.53 Å². The summed E-state index contributed by atoms with van der Waals surface area (Å²) < 4.78 is 7.47. The van der Waals surface area contributed by atoms with Crippen LogP contribution >= 0.6 is 23.1 Å². The van der Waals surface area contributed by atoms with Gasteiger partial charge in [-0.25, -0.2) is 0 Å². The fraction of sp³-hybridized carbons (Fsp3) is 0.389. The standard InChI is InChI=1S/C18H22N6O2S2/c1-4-15-20-22-17(28-15)19-14(25)11-27-18-23-21-16(24(18)5-2)12-7-9-13(10-8-12)26-6-3/h7-10H,4-6,11H2,1-3H3,(H,19,22,25). The van der Waals surface area contributed by atoms with Crippen molar-refractivity contribution >= 4 is 34.1 Å². The second-order valence-electron chi connectivity index (χ2n) is 5.70. The van der Waals surface area contributed by atoms with Gasteiger partial charge in [-0.3, -0.25) is 10.1 Å². The van der Waals surface area contributed by atoms with E-state index in [2.05, 4.69) is 25.7 Å². The smallest absolute Gasteiger partial charge is 0.236 e. The normalized spacial score (nSPS) is 10.8. The lowest BCUT2D eigenvalue weighted by molar-refractivity contribution is -0.113. The Bertz CT molecular complexity index is 923. The Balaban J connectivity index is 1.65. The summed E-state index contributed by atoms with van der Waals surface area (Å²) in [5.41, 5.74) is 0.954. The van der Waals surface area contributed by atoms with Crippen LogP contribution < -0.4 is 10.1 Å². The minimum absolute atomic E-state index is 0.142. The van der Waals surface area contributed by atoms with Crippen LogP contribution in [0, 0.1) is 0 Å². The number of benzene rings is 1. The Morgan fingerprint density at radius 2 is 1.93 bits per heavy atom. The summed E-state index contributed by atoms with van der Waals surface area (Å²) in [6.45, 7) is 7.31. The summed E-state index contributed by atoms with van der Waals surface area (Å²) in [7, 11) is 0. The lowest BCUT2D eigenvalue weighted by Crippen LogP contribution is -2.14. The molecule has 0 saturated carbocycles. The molecule has 2 aromatic heterocycles. The maximum atomic E-state index is 12.2.